The molecule has 0 aliphatic heterocycles. The van der Waals surface area contributed by atoms with Crippen LogP contribution in [0.3, 0.4) is 0 Å². The zero-order chi connectivity index (χ0) is 22.0. The van der Waals surface area contributed by atoms with Gasteiger partial charge < -0.3 is 5.32 Å². The summed E-state index contributed by atoms with van der Waals surface area (Å²) in [4.78, 5) is 30.5. The molecule has 0 saturated carbocycles. The SMILES string of the molecule is CCc1ccc(NC(=O)CSc2nc3ccsc3c(=O)n2-c2cc(C)cc(C)c2)cc1. The number of amides is 1. The fraction of sp³-hybridized carbons (Fsp3) is 0.208. The van der Waals surface area contributed by atoms with Crippen LogP contribution in [0.4, 0.5) is 5.69 Å². The highest BCUT2D eigenvalue weighted by Crippen LogP contribution is 2.25. The van der Waals surface area contributed by atoms with E-state index in [0.29, 0.717) is 15.4 Å². The molecule has 4 rings (SSSR count). The maximum atomic E-state index is 13.2. The van der Waals surface area contributed by atoms with Crippen LogP contribution < -0.4 is 10.9 Å². The minimum Gasteiger partial charge on any atom is -0.325 e. The number of thiophene rings is 1. The van der Waals surface area contributed by atoms with Crippen LogP contribution in [0.25, 0.3) is 15.9 Å². The number of carbonyl (C=O) groups excluding carboxylic acids is 1. The summed E-state index contributed by atoms with van der Waals surface area (Å²) in [7, 11) is 0. The Balaban J connectivity index is 1.63. The van der Waals surface area contributed by atoms with Crippen LogP contribution in [0.15, 0.2) is 63.9 Å². The van der Waals surface area contributed by atoms with Crippen LogP contribution in [0.5, 0.6) is 0 Å². The lowest BCUT2D eigenvalue weighted by Crippen LogP contribution is -2.22. The molecule has 0 radical (unpaired) electrons. The molecular formula is C24H23N3O2S2. The first-order chi connectivity index (χ1) is 14.9. The molecule has 0 saturated heterocycles. The molecule has 7 heteroatoms. The number of thioether (sulfide) groups is 1. The van der Waals surface area contributed by atoms with E-state index in [-0.39, 0.29) is 17.2 Å². The number of nitrogens with zero attached hydrogens (tertiary/aromatic N) is 2. The van der Waals surface area contributed by atoms with E-state index in [0.717, 1.165) is 28.9 Å². The molecule has 2 aromatic carbocycles. The molecule has 0 aliphatic carbocycles. The summed E-state index contributed by atoms with van der Waals surface area (Å²) in [5, 5.41) is 5.29. The van der Waals surface area contributed by atoms with Gasteiger partial charge in [0.05, 0.1) is 17.0 Å². The normalized spacial score (nSPS) is 11.1. The van der Waals surface area contributed by atoms with E-state index in [4.69, 9.17) is 0 Å². The Kier molecular flexibility index (Phi) is 6.25. The van der Waals surface area contributed by atoms with Crippen molar-refractivity contribution in [1.29, 1.82) is 0 Å². The first kappa shape index (κ1) is 21.3. The fourth-order valence-electron chi connectivity index (χ4n) is 3.45. The Morgan fingerprint density at radius 2 is 1.81 bits per heavy atom. The lowest BCUT2D eigenvalue weighted by Gasteiger charge is -2.13. The van der Waals surface area contributed by atoms with E-state index in [1.807, 2.05) is 61.7 Å². The van der Waals surface area contributed by atoms with E-state index in [1.54, 1.807) is 4.57 Å². The number of hydrogen-bond acceptors (Lipinski definition) is 5. The van der Waals surface area contributed by atoms with E-state index >= 15 is 0 Å². The smallest absolute Gasteiger partial charge is 0.276 e. The van der Waals surface area contributed by atoms with Crippen molar-refractivity contribution < 1.29 is 4.79 Å². The molecule has 0 unspecified atom stereocenters. The van der Waals surface area contributed by atoms with Gasteiger partial charge in [-0.2, -0.15) is 0 Å². The Morgan fingerprint density at radius 1 is 1.10 bits per heavy atom. The molecule has 0 spiro atoms. The van der Waals surface area contributed by atoms with Crippen LogP contribution in [0, 0.1) is 13.8 Å². The van der Waals surface area contributed by atoms with Crippen LogP contribution in [0.2, 0.25) is 0 Å². The third-order valence-corrected chi connectivity index (χ3v) is 6.72. The highest BCUT2D eigenvalue weighted by Gasteiger charge is 2.16. The molecular weight excluding hydrogens is 426 g/mol. The van der Waals surface area contributed by atoms with Gasteiger partial charge in [-0.1, -0.05) is 36.9 Å². The van der Waals surface area contributed by atoms with E-state index in [2.05, 4.69) is 23.3 Å². The minimum atomic E-state index is -0.138. The second-order valence-electron chi connectivity index (χ2n) is 7.40. The number of nitrogens with one attached hydrogen (secondary N) is 1. The number of aryl methyl sites for hydroxylation is 3. The largest absolute Gasteiger partial charge is 0.325 e. The third kappa shape index (κ3) is 4.73. The van der Waals surface area contributed by atoms with Gasteiger partial charge in [0.25, 0.3) is 5.56 Å². The van der Waals surface area contributed by atoms with Crippen molar-refractivity contribution in [2.45, 2.75) is 32.3 Å². The molecule has 4 aromatic rings. The van der Waals surface area contributed by atoms with E-state index in [1.165, 1.54) is 28.7 Å². The summed E-state index contributed by atoms with van der Waals surface area (Å²) < 4.78 is 2.23. The number of fused-ring (bicyclic) bond motifs is 1. The topological polar surface area (TPSA) is 64.0 Å². The zero-order valence-corrected chi connectivity index (χ0v) is 19.3. The molecule has 5 nitrogen and oxygen atoms in total. The van der Waals surface area contributed by atoms with Crippen LogP contribution in [-0.4, -0.2) is 21.2 Å². The lowest BCUT2D eigenvalue weighted by molar-refractivity contribution is -0.113. The highest BCUT2D eigenvalue weighted by atomic mass is 32.2. The summed E-state index contributed by atoms with van der Waals surface area (Å²) in [5.41, 5.74) is 5.43. The maximum absolute atomic E-state index is 13.2. The number of carbonyl (C=O) groups is 1. The van der Waals surface area contributed by atoms with Crippen molar-refractivity contribution in [2.75, 3.05) is 11.1 Å². The van der Waals surface area contributed by atoms with Crippen molar-refractivity contribution in [3.63, 3.8) is 0 Å². The summed E-state index contributed by atoms with van der Waals surface area (Å²) >= 11 is 2.65. The molecule has 0 aliphatic rings. The summed E-state index contributed by atoms with van der Waals surface area (Å²) in [6.45, 7) is 6.10. The van der Waals surface area contributed by atoms with E-state index < -0.39 is 0 Å². The van der Waals surface area contributed by atoms with Crippen LogP contribution in [-0.2, 0) is 11.2 Å². The molecule has 0 bridgehead atoms. The van der Waals surface area contributed by atoms with Gasteiger partial charge in [0.15, 0.2) is 5.16 Å². The van der Waals surface area contributed by atoms with Crippen LogP contribution >= 0.6 is 23.1 Å². The molecule has 1 N–H and O–H groups in total. The summed E-state index contributed by atoms with van der Waals surface area (Å²) in [6, 6.07) is 15.7. The van der Waals surface area contributed by atoms with Gasteiger partial charge in [0.1, 0.15) is 4.70 Å². The molecule has 2 aromatic heterocycles. The zero-order valence-electron chi connectivity index (χ0n) is 17.6. The number of benzene rings is 2. The second kappa shape index (κ2) is 9.08. The van der Waals surface area contributed by atoms with Crippen molar-refractivity contribution in [1.82, 2.24) is 9.55 Å². The number of rotatable bonds is 6. The fourth-order valence-corrected chi connectivity index (χ4v) is 5.02. The average molecular weight is 450 g/mol. The number of hydrogen-bond donors (Lipinski definition) is 1. The van der Waals surface area contributed by atoms with Gasteiger partial charge >= 0.3 is 0 Å². The Morgan fingerprint density at radius 3 is 2.48 bits per heavy atom. The predicted octanol–water partition coefficient (Wildman–Crippen LogP) is 5.36. The van der Waals surface area contributed by atoms with Gasteiger partial charge in [0, 0.05) is 5.69 Å². The van der Waals surface area contributed by atoms with Gasteiger partial charge in [0.2, 0.25) is 5.91 Å². The van der Waals surface area contributed by atoms with Crippen molar-refractivity contribution in [3.05, 3.63) is 81.0 Å². The minimum absolute atomic E-state index is 0.108. The maximum Gasteiger partial charge on any atom is 0.276 e. The molecule has 158 valence electrons. The highest BCUT2D eigenvalue weighted by molar-refractivity contribution is 7.99. The number of anilines is 1. The Bertz CT molecular complexity index is 1290. The van der Waals surface area contributed by atoms with Crippen LogP contribution in [0.1, 0.15) is 23.6 Å². The third-order valence-electron chi connectivity index (χ3n) is 4.89. The van der Waals surface area contributed by atoms with Crippen molar-refractivity contribution in [3.8, 4) is 5.69 Å². The van der Waals surface area contributed by atoms with Gasteiger partial charge in [-0.3, -0.25) is 14.2 Å². The van der Waals surface area contributed by atoms with Crippen molar-refractivity contribution >= 4 is 44.9 Å². The summed E-state index contributed by atoms with van der Waals surface area (Å²) in [5.74, 6) is 0.0171. The number of aromatic nitrogens is 2. The summed E-state index contributed by atoms with van der Waals surface area (Å²) in [6.07, 6.45) is 0.955. The monoisotopic (exact) mass is 449 g/mol. The van der Waals surface area contributed by atoms with Gasteiger partial charge in [-0.05, 0) is 72.7 Å². The Labute approximate surface area is 189 Å². The second-order valence-corrected chi connectivity index (χ2v) is 9.26. The first-order valence-corrected chi connectivity index (χ1v) is 11.9. The predicted molar refractivity (Wildman–Crippen MR) is 130 cm³/mol. The molecule has 0 atom stereocenters. The molecule has 2 heterocycles. The molecule has 31 heavy (non-hydrogen) atoms. The van der Waals surface area contributed by atoms with Gasteiger partial charge in [-0.15, -0.1) is 11.3 Å². The van der Waals surface area contributed by atoms with Crippen molar-refractivity contribution in [2.24, 2.45) is 0 Å². The standard InChI is InChI=1S/C24H23N3O2S2/c1-4-17-5-7-18(8-6-17)25-21(28)14-31-24-26-20-9-10-30-22(20)23(29)27(24)19-12-15(2)11-16(3)13-19/h5-13H,4,14H2,1-3H3,(H,25,28). The van der Waals surface area contributed by atoms with Gasteiger partial charge in [-0.25, -0.2) is 4.98 Å². The first-order valence-electron chi connectivity index (χ1n) is 10.0. The molecule has 1 amide bonds. The quantitative estimate of drug-likeness (QED) is 0.318. The average Bonchev–Trinajstić information content (AvgIpc) is 3.21. The molecule has 0 fully saturated rings. The van der Waals surface area contributed by atoms with E-state index in [9.17, 15) is 9.59 Å². The Hall–Kier alpha value is -2.90. The lowest BCUT2D eigenvalue weighted by atomic mass is 10.1.